The first-order valence-corrected chi connectivity index (χ1v) is 8.43. The van der Waals surface area contributed by atoms with Gasteiger partial charge in [0.25, 0.3) is 5.91 Å². The number of carbonyl (C=O) groups excluding carboxylic acids is 1. The molecular weight excluding hydrogens is 326 g/mol. The number of benzene rings is 1. The standard InChI is InChI=1S/C14H21N3O3S.ClH/c1-15-10-12-4-3-9-17(12)21(19,20)13-7-5-11(6-8-13)14(18)16-2;/h5-8,12,15H,3-4,9-10H2,1-2H3,(H,16,18);1H. The lowest BCUT2D eigenvalue weighted by Gasteiger charge is -2.23. The van der Waals surface area contributed by atoms with E-state index in [1.54, 1.807) is 11.4 Å². The van der Waals surface area contributed by atoms with Crippen LogP contribution in [0, 0.1) is 0 Å². The van der Waals surface area contributed by atoms with Crippen molar-refractivity contribution in [2.45, 2.75) is 23.8 Å². The minimum Gasteiger partial charge on any atom is -0.355 e. The van der Waals surface area contributed by atoms with E-state index in [-0.39, 0.29) is 29.3 Å². The average molecular weight is 348 g/mol. The monoisotopic (exact) mass is 347 g/mol. The summed E-state index contributed by atoms with van der Waals surface area (Å²) in [6.45, 7) is 1.20. The van der Waals surface area contributed by atoms with Crippen molar-refractivity contribution in [1.82, 2.24) is 14.9 Å². The number of hydrogen-bond donors (Lipinski definition) is 2. The highest BCUT2D eigenvalue weighted by Crippen LogP contribution is 2.25. The SMILES string of the molecule is CNCC1CCCN1S(=O)(=O)c1ccc(C(=O)NC)cc1.Cl. The van der Waals surface area contributed by atoms with Gasteiger partial charge in [-0.15, -0.1) is 12.4 Å². The van der Waals surface area contributed by atoms with E-state index in [1.165, 1.54) is 24.3 Å². The molecule has 1 unspecified atom stereocenters. The highest BCUT2D eigenvalue weighted by molar-refractivity contribution is 7.89. The van der Waals surface area contributed by atoms with Crippen LogP contribution in [0.1, 0.15) is 23.2 Å². The molecule has 8 heteroatoms. The van der Waals surface area contributed by atoms with Crippen LogP contribution < -0.4 is 10.6 Å². The van der Waals surface area contributed by atoms with Crippen molar-refractivity contribution >= 4 is 28.3 Å². The number of likely N-dealkylation sites (N-methyl/N-ethyl adjacent to an activating group) is 1. The van der Waals surface area contributed by atoms with Crippen molar-refractivity contribution in [3.8, 4) is 0 Å². The molecule has 2 N–H and O–H groups in total. The predicted octanol–water partition coefficient (Wildman–Crippen LogP) is 0.841. The number of amides is 1. The Kier molecular flexibility index (Phi) is 6.80. The molecule has 1 amide bonds. The summed E-state index contributed by atoms with van der Waals surface area (Å²) in [5.41, 5.74) is 0.449. The van der Waals surface area contributed by atoms with Crippen LogP contribution in [0.25, 0.3) is 0 Å². The first kappa shape index (κ1) is 18.9. The summed E-state index contributed by atoms with van der Waals surface area (Å²) in [5.74, 6) is -0.229. The Morgan fingerprint density at radius 1 is 1.27 bits per heavy atom. The van der Waals surface area contributed by atoms with E-state index < -0.39 is 10.0 Å². The maximum absolute atomic E-state index is 12.7. The lowest BCUT2D eigenvalue weighted by Crippen LogP contribution is -2.40. The fourth-order valence-corrected chi connectivity index (χ4v) is 4.32. The third-order valence-corrected chi connectivity index (χ3v) is 5.68. The molecule has 6 nitrogen and oxygen atoms in total. The van der Waals surface area contributed by atoms with Crippen molar-refractivity contribution in [1.29, 1.82) is 0 Å². The number of sulfonamides is 1. The number of nitrogens with zero attached hydrogens (tertiary/aromatic N) is 1. The van der Waals surface area contributed by atoms with E-state index in [1.807, 2.05) is 7.05 Å². The number of nitrogens with one attached hydrogen (secondary N) is 2. The van der Waals surface area contributed by atoms with Crippen LogP contribution in [0.15, 0.2) is 29.2 Å². The Bertz CT molecular complexity index is 604. The largest absolute Gasteiger partial charge is 0.355 e. The quantitative estimate of drug-likeness (QED) is 0.827. The highest BCUT2D eigenvalue weighted by atomic mass is 35.5. The molecule has 1 aromatic rings. The lowest BCUT2D eigenvalue weighted by molar-refractivity contribution is 0.0963. The van der Waals surface area contributed by atoms with Crippen LogP contribution in [-0.4, -0.2) is 51.9 Å². The number of halogens is 1. The van der Waals surface area contributed by atoms with E-state index in [2.05, 4.69) is 10.6 Å². The van der Waals surface area contributed by atoms with Gasteiger partial charge < -0.3 is 10.6 Å². The van der Waals surface area contributed by atoms with Gasteiger partial charge in [-0.3, -0.25) is 4.79 Å². The van der Waals surface area contributed by atoms with Crippen LogP contribution in [-0.2, 0) is 10.0 Å². The van der Waals surface area contributed by atoms with Crippen LogP contribution in [0.4, 0.5) is 0 Å². The van der Waals surface area contributed by atoms with Crippen LogP contribution in [0.2, 0.25) is 0 Å². The van der Waals surface area contributed by atoms with Gasteiger partial charge in [0.05, 0.1) is 4.90 Å². The molecule has 1 saturated heterocycles. The second kappa shape index (κ2) is 7.92. The minimum absolute atomic E-state index is 0. The second-order valence-electron chi connectivity index (χ2n) is 5.07. The summed E-state index contributed by atoms with van der Waals surface area (Å²) < 4.78 is 26.9. The van der Waals surface area contributed by atoms with Gasteiger partial charge in [-0.1, -0.05) is 0 Å². The van der Waals surface area contributed by atoms with Crippen molar-refractivity contribution in [3.63, 3.8) is 0 Å². The van der Waals surface area contributed by atoms with Gasteiger partial charge in [-0.05, 0) is 44.2 Å². The summed E-state index contributed by atoms with van der Waals surface area (Å²) in [6.07, 6.45) is 1.75. The third kappa shape index (κ3) is 3.78. The van der Waals surface area contributed by atoms with Crippen molar-refractivity contribution < 1.29 is 13.2 Å². The van der Waals surface area contributed by atoms with Gasteiger partial charge in [0, 0.05) is 31.7 Å². The Balaban J connectivity index is 0.00000242. The number of rotatable bonds is 5. The molecule has 1 atom stereocenters. The molecule has 22 heavy (non-hydrogen) atoms. The van der Waals surface area contributed by atoms with E-state index in [4.69, 9.17) is 0 Å². The van der Waals surface area contributed by atoms with Gasteiger partial charge in [0.1, 0.15) is 0 Å². The van der Waals surface area contributed by atoms with Crippen LogP contribution in [0.5, 0.6) is 0 Å². The molecule has 1 fully saturated rings. The normalized spacial score (nSPS) is 18.7. The Hall–Kier alpha value is -1.15. The first-order chi connectivity index (χ1) is 10.0. The zero-order valence-corrected chi connectivity index (χ0v) is 14.3. The van der Waals surface area contributed by atoms with Gasteiger partial charge in [0.15, 0.2) is 0 Å². The molecule has 1 aromatic carbocycles. The van der Waals surface area contributed by atoms with Gasteiger partial charge in [0.2, 0.25) is 10.0 Å². The topological polar surface area (TPSA) is 78.5 Å². The minimum atomic E-state index is -3.50. The smallest absolute Gasteiger partial charge is 0.251 e. The molecular formula is C14H22ClN3O3S. The summed E-state index contributed by atoms with van der Waals surface area (Å²) in [5, 5.41) is 5.55. The van der Waals surface area contributed by atoms with Crippen molar-refractivity contribution in [3.05, 3.63) is 29.8 Å². The summed E-state index contributed by atoms with van der Waals surface area (Å²) in [7, 11) is -0.136. The van der Waals surface area contributed by atoms with Crippen LogP contribution >= 0.6 is 12.4 Å². The zero-order chi connectivity index (χ0) is 15.5. The Labute approximate surface area is 137 Å². The van der Waals surface area contributed by atoms with E-state index >= 15 is 0 Å². The maximum atomic E-state index is 12.7. The molecule has 0 radical (unpaired) electrons. The molecule has 124 valence electrons. The molecule has 0 bridgehead atoms. The van der Waals surface area contributed by atoms with E-state index in [0.29, 0.717) is 18.7 Å². The first-order valence-electron chi connectivity index (χ1n) is 6.99. The van der Waals surface area contributed by atoms with Crippen LogP contribution in [0.3, 0.4) is 0 Å². The summed E-state index contributed by atoms with van der Waals surface area (Å²) in [6, 6.07) is 6.06. The molecule has 1 heterocycles. The van der Waals surface area contributed by atoms with Gasteiger partial charge >= 0.3 is 0 Å². The number of carbonyl (C=O) groups is 1. The molecule has 0 aromatic heterocycles. The predicted molar refractivity (Wildman–Crippen MR) is 87.9 cm³/mol. The fourth-order valence-electron chi connectivity index (χ4n) is 2.62. The molecule has 0 spiro atoms. The van der Waals surface area contributed by atoms with Crippen molar-refractivity contribution in [2.24, 2.45) is 0 Å². The fraction of sp³-hybridized carbons (Fsp3) is 0.500. The molecule has 0 saturated carbocycles. The van der Waals surface area contributed by atoms with E-state index in [0.717, 1.165) is 12.8 Å². The third-order valence-electron chi connectivity index (χ3n) is 3.71. The Morgan fingerprint density at radius 3 is 2.45 bits per heavy atom. The number of hydrogen-bond acceptors (Lipinski definition) is 4. The average Bonchev–Trinajstić information content (AvgIpc) is 2.96. The zero-order valence-electron chi connectivity index (χ0n) is 12.7. The second-order valence-corrected chi connectivity index (χ2v) is 6.96. The van der Waals surface area contributed by atoms with Crippen molar-refractivity contribution in [2.75, 3.05) is 27.2 Å². The summed E-state index contributed by atoms with van der Waals surface area (Å²) in [4.78, 5) is 11.7. The van der Waals surface area contributed by atoms with Gasteiger partial charge in [-0.2, -0.15) is 4.31 Å². The Morgan fingerprint density at radius 2 is 1.91 bits per heavy atom. The summed E-state index contributed by atoms with van der Waals surface area (Å²) >= 11 is 0. The highest BCUT2D eigenvalue weighted by Gasteiger charge is 2.34. The van der Waals surface area contributed by atoms with Gasteiger partial charge in [-0.25, -0.2) is 8.42 Å². The maximum Gasteiger partial charge on any atom is 0.251 e. The van der Waals surface area contributed by atoms with E-state index in [9.17, 15) is 13.2 Å². The lowest BCUT2D eigenvalue weighted by atomic mass is 10.2. The molecule has 0 aliphatic carbocycles. The molecule has 2 rings (SSSR count). The molecule has 1 aliphatic rings. The molecule has 1 aliphatic heterocycles.